The third-order valence-corrected chi connectivity index (χ3v) is 4.69. The lowest BCUT2D eigenvalue weighted by atomic mass is 9.90. The van der Waals surface area contributed by atoms with Crippen LogP contribution in [0.5, 0.6) is 0 Å². The highest BCUT2D eigenvalue weighted by Gasteiger charge is 2.09. The van der Waals surface area contributed by atoms with Gasteiger partial charge in [-0.1, -0.05) is 88.1 Å². The number of aryl methyl sites for hydroxylation is 1. The molecule has 0 spiro atoms. The average Bonchev–Trinajstić information content (AvgIpc) is 2.58. The van der Waals surface area contributed by atoms with E-state index in [0.717, 1.165) is 6.42 Å². The summed E-state index contributed by atoms with van der Waals surface area (Å²) in [5.74, 6) is 0. The molecule has 0 atom stereocenters. The number of benzene rings is 2. The van der Waals surface area contributed by atoms with E-state index >= 15 is 0 Å². The molecule has 0 radical (unpaired) electrons. The molecule has 0 aliphatic heterocycles. The second kappa shape index (κ2) is 10.3. The normalized spacial score (nSPS) is 10.9. The van der Waals surface area contributed by atoms with Crippen molar-refractivity contribution in [2.24, 2.45) is 0 Å². The Morgan fingerprint density at radius 1 is 0.609 bits per heavy atom. The Morgan fingerprint density at radius 3 is 1.96 bits per heavy atom. The fourth-order valence-electron chi connectivity index (χ4n) is 3.34. The summed E-state index contributed by atoms with van der Waals surface area (Å²) in [4.78, 5) is 0. The SMILES string of the molecule is CCCCCc1cccc(Cc2ccccc2)c1CCCCC. The lowest BCUT2D eigenvalue weighted by Crippen LogP contribution is -2.02. The fourth-order valence-corrected chi connectivity index (χ4v) is 3.34. The van der Waals surface area contributed by atoms with Crippen LogP contribution >= 0.6 is 0 Å². The van der Waals surface area contributed by atoms with E-state index < -0.39 is 0 Å². The van der Waals surface area contributed by atoms with Gasteiger partial charge in [-0.05, 0) is 54.4 Å². The topological polar surface area (TPSA) is 0 Å². The van der Waals surface area contributed by atoms with Crippen LogP contribution in [0.1, 0.15) is 74.6 Å². The Hall–Kier alpha value is -1.56. The van der Waals surface area contributed by atoms with Crippen molar-refractivity contribution >= 4 is 0 Å². The quantitative estimate of drug-likeness (QED) is 0.426. The monoisotopic (exact) mass is 308 g/mol. The van der Waals surface area contributed by atoms with E-state index in [-0.39, 0.29) is 0 Å². The fraction of sp³-hybridized carbons (Fsp3) is 0.478. The van der Waals surface area contributed by atoms with E-state index in [1.807, 2.05) is 0 Å². The van der Waals surface area contributed by atoms with E-state index in [1.165, 1.54) is 56.9 Å². The largest absolute Gasteiger partial charge is 0.0654 e. The van der Waals surface area contributed by atoms with Crippen LogP contribution in [0.15, 0.2) is 48.5 Å². The van der Waals surface area contributed by atoms with Crippen molar-refractivity contribution in [2.45, 2.75) is 71.6 Å². The molecule has 0 fully saturated rings. The third kappa shape index (κ3) is 5.86. The van der Waals surface area contributed by atoms with Crippen LogP contribution in [0.3, 0.4) is 0 Å². The molecular weight excluding hydrogens is 276 g/mol. The van der Waals surface area contributed by atoms with Gasteiger partial charge in [0, 0.05) is 0 Å². The van der Waals surface area contributed by atoms with Crippen LogP contribution in [0.25, 0.3) is 0 Å². The standard InChI is InChI=1S/C23H32/c1-3-5-8-15-21-16-12-17-22(23(21)18-9-6-4-2)19-20-13-10-7-11-14-20/h7,10-14,16-17H,3-6,8-9,15,18-19H2,1-2H3. The maximum Gasteiger partial charge on any atom is -0.00229 e. The van der Waals surface area contributed by atoms with Crippen LogP contribution in [0, 0.1) is 0 Å². The first-order valence-corrected chi connectivity index (χ1v) is 9.48. The average molecular weight is 309 g/mol. The van der Waals surface area contributed by atoms with Crippen molar-refractivity contribution in [1.82, 2.24) is 0 Å². The Morgan fingerprint density at radius 2 is 1.26 bits per heavy atom. The summed E-state index contributed by atoms with van der Waals surface area (Å²) in [7, 11) is 0. The Kier molecular flexibility index (Phi) is 7.93. The molecule has 0 aromatic heterocycles. The van der Waals surface area contributed by atoms with Crippen LogP contribution in [-0.2, 0) is 19.3 Å². The molecule has 0 aliphatic rings. The second-order valence-corrected chi connectivity index (χ2v) is 6.63. The van der Waals surface area contributed by atoms with Gasteiger partial charge in [-0.3, -0.25) is 0 Å². The second-order valence-electron chi connectivity index (χ2n) is 6.63. The number of unbranched alkanes of at least 4 members (excludes halogenated alkanes) is 4. The first-order chi connectivity index (χ1) is 11.3. The Balaban J connectivity index is 2.18. The summed E-state index contributed by atoms with van der Waals surface area (Å²) in [5, 5.41) is 0. The lowest BCUT2D eigenvalue weighted by Gasteiger charge is -2.15. The predicted molar refractivity (Wildman–Crippen MR) is 102 cm³/mol. The molecule has 0 heterocycles. The molecule has 0 unspecified atom stereocenters. The lowest BCUT2D eigenvalue weighted by molar-refractivity contribution is 0.690. The summed E-state index contributed by atoms with van der Waals surface area (Å²) in [6.07, 6.45) is 11.5. The minimum Gasteiger partial charge on any atom is -0.0654 e. The molecule has 0 saturated carbocycles. The van der Waals surface area contributed by atoms with Gasteiger partial charge in [0.15, 0.2) is 0 Å². The predicted octanol–water partition coefficient (Wildman–Crippen LogP) is 6.74. The van der Waals surface area contributed by atoms with Gasteiger partial charge in [-0.2, -0.15) is 0 Å². The summed E-state index contributed by atoms with van der Waals surface area (Å²) in [6, 6.07) is 17.9. The van der Waals surface area contributed by atoms with Gasteiger partial charge in [0.25, 0.3) is 0 Å². The van der Waals surface area contributed by atoms with Crippen molar-refractivity contribution in [3.05, 3.63) is 70.8 Å². The molecule has 0 heteroatoms. The van der Waals surface area contributed by atoms with Gasteiger partial charge in [0.05, 0.1) is 0 Å². The number of rotatable bonds is 10. The first-order valence-electron chi connectivity index (χ1n) is 9.48. The van der Waals surface area contributed by atoms with Gasteiger partial charge in [-0.25, -0.2) is 0 Å². The van der Waals surface area contributed by atoms with Crippen molar-refractivity contribution in [1.29, 1.82) is 0 Å². The zero-order valence-electron chi connectivity index (χ0n) is 15.0. The van der Waals surface area contributed by atoms with Gasteiger partial charge >= 0.3 is 0 Å². The summed E-state index contributed by atoms with van der Waals surface area (Å²) in [6.45, 7) is 4.58. The van der Waals surface area contributed by atoms with E-state index in [2.05, 4.69) is 62.4 Å². The zero-order valence-corrected chi connectivity index (χ0v) is 15.0. The minimum atomic E-state index is 1.07. The first kappa shape index (κ1) is 17.8. The smallest absolute Gasteiger partial charge is 0.00229 e. The van der Waals surface area contributed by atoms with Gasteiger partial charge in [-0.15, -0.1) is 0 Å². The summed E-state index contributed by atoms with van der Waals surface area (Å²) in [5.41, 5.74) is 6.21. The molecule has 2 rings (SSSR count). The van der Waals surface area contributed by atoms with Crippen LogP contribution in [0.4, 0.5) is 0 Å². The zero-order chi connectivity index (χ0) is 16.3. The molecule has 0 amide bonds. The highest BCUT2D eigenvalue weighted by molar-refractivity contribution is 5.39. The third-order valence-electron chi connectivity index (χ3n) is 4.69. The van der Waals surface area contributed by atoms with Crippen LogP contribution in [0.2, 0.25) is 0 Å². The maximum atomic E-state index is 2.37. The highest BCUT2D eigenvalue weighted by Crippen LogP contribution is 2.23. The van der Waals surface area contributed by atoms with E-state index in [4.69, 9.17) is 0 Å². The van der Waals surface area contributed by atoms with Crippen molar-refractivity contribution in [2.75, 3.05) is 0 Å². The molecule has 0 aliphatic carbocycles. The van der Waals surface area contributed by atoms with Crippen molar-refractivity contribution in [3.8, 4) is 0 Å². The van der Waals surface area contributed by atoms with Crippen molar-refractivity contribution < 1.29 is 0 Å². The molecule has 2 aromatic carbocycles. The molecule has 23 heavy (non-hydrogen) atoms. The maximum absolute atomic E-state index is 2.37. The van der Waals surface area contributed by atoms with E-state index in [9.17, 15) is 0 Å². The minimum absolute atomic E-state index is 1.07. The van der Waals surface area contributed by atoms with Gasteiger partial charge in [0.1, 0.15) is 0 Å². The molecule has 0 N–H and O–H groups in total. The van der Waals surface area contributed by atoms with Crippen LogP contribution < -0.4 is 0 Å². The molecule has 0 bridgehead atoms. The molecule has 0 nitrogen and oxygen atoms in total. The Labute approximate surface area is 143 Å². The van der Waals surface area contributed by atoms with Crippen LogP contribution in [-0.4, -0.2) is 0 Å². The number of hydrogen-bond donors (Lipinski definition) is 0. The van der Waals surface area contributed by atoms with Gasteiger partial charge in [0.2, 0.25) is 0 Å². The van der Waals surface area contributed by atoms with E-state index in [1.54, 1.807) is 16.7 Å². The molecular formula is C23H32. The summed E-state index contributed by atoms with van der Waals surface area (Å²) >= 11 is 0. The Bertz CT molecular complexity index is 554. The molecule has 124 valence electrons. The van der Waals surface area contributed by atoms with Gasteiger partial charge < -0.3 is 0 Å². The summed E-state index contributed by atoms with van der Waals surface area (Å²) < 4.78 is 0. The van der Waals surface area contributed by atoms with E-state index in [0.29, 0.717) is 0 Å². The van der Waals surface area contributed by atoms with Crippen molar-refractivity contribution in [3.63, 3.8) is 0 Å². The number of hydrogen-bond acceptors (Lipinski definition) is 0. The molecule has 2 aromatic rings. The molecule has 0 saturated heterocycles. The highest BCUT2D eigenvalue weighted by atomic mass is 14.1.